The van der Waals surface area contributed by atoms with Crippen molar-refractivity contribution in [3.63, 3.8) is 0 Å². The van der Waals surface area contributed by atoms with E-state index in [0.29, 0.717) is 24.7 Å². The minimum atomic E-state index is -1.06. The Morgan fingerprint density at radius 3 is 2.39 bits per heavy atom. The molecule has 0 heterocycles. The number of rotatable bonds is 5. The van der Waals surface area contributed by atoms with Crippen LogP contribution in [-0.4, -0.2) is 37.2 Å². The summed E-state index contributed by atoms with van der Waals surface area (Å²) in [5, 5.41) is 0. The minimum absolute atomic E-state index is 0.0143. The van der Waals surface area contributed by atoms with E-state index in [1.54, 1.807) is 6.92 Å². The summed E-state index contributed by atoms with van der Waals surface area (Å²) in [4.78, 5) is 40.1. The lowest BCUT2D eigenvalue weighted by Crippen LogP contribution is -2.58. The van der Waals surface area contributed by atoms with E-state index >= 15 is 0 Å². The van der Waals surface area contributed by atoms with Crippen molar-refractivity contribution in [1.82, 2.24) is 0 Å². The molecule has 5 nitrogen and oxygen atoms in total. The van der Waals surface area contributed by atoms with Crippen molar-refractivity contribution < 1.29 is 19.1 Å². The van der Waals surface area contributed by atoms with Gasteiger partial charge in [0.2, 0.25) is 0 Å². The lowest BCUT2D eigenvalue weighted by molar-refractivity contribution is -0.185. The molecule has 0 spiro atoms. The summed E-state index contributed by atoms with van der Waals surface area (Å²) in [5.41, 5.74) is 5.07. The van der Waals surface area contributed by atoms with Crippen molar-refractivity contribution in [1.29, 1.82) is 0 Å². The number of anilines is 1. The van der Waals surface area contributed by atoms with Crippen LogP contribution in [0.3, 0.4) is 0 Å². The first kappa shape index (κ1) is 25.0. The number of Topliss-reactive ketones (excluding diaryl/α,β-unsaturated/α-hetero) is 1. The Morgan fingerprint density at radius 1 is 1.06 bits per heavy atom. The van der Waals surface area contributed by atoms with Crippen molar-refractivity contribution in [2.24, 2.45) is 17.3 Å². The van der Waals surface area contributed by atoms with Crippen molar-refractivity contribution in [2.45, 2.75) is 83.7 Å². The van der Waals surface area contributed by atoms with E-state index in [1.165, 1.54) is 29.2 Å². The summed E-state index contributed by atoms with van der Waals surface area (Å²) in [6.45, 7) is 5.23. The monoisotopic (exact) mass is 489 g/mol. The second kappa shape index (κ2) is 9.00. The largest absolute Gasteiger partial charge is 0.451 e. The van der Waals surface area contributed by atoms with Gasteiger partial charge in [0.25, 0.3) is 0 Å². The molecule has 4 aliphatic carbocycles. The molecule has 0 aromatic heterocycles. The topological polar surface area (TPSA) is 63.7 Å². The molecule has 192 valence electrons. The summed E-state index contributed by atoms with van der Waals surface area (Å²) in [5.74, 6) is 0.638. The number of fused-ring (bicyclic) bond motifs is 4. The number of hydrogen-bond donors (Lipinski definition) is 0. The van der Waals surface area contributed by atoms with Crippen LogP contribution in [0.2, 0.25) is 0 Å². The Bertz CT molecular complexity index is 1160. The molecule has 0 N–H and O–H groups in total. The number of carbonyl (C=O) groups is 3. The molecule has 0 saturated heterocycles. The van der Waals surface area contributed by atoms with Crippen LogP contribution in [0.4, 0.5) is 5.69 Å². The molecule has 0 radical (unpaired) electrons. The van der Waals surface area contributed by atoms with Crippen LogP contribution in [0.15, 0.2) is 47.1 Å². The zero-order chi connectivity index (χ0) is 25.8. The highest BCUT2D eigenvalue weighted by Gasteiger charge is 2.68. The van der Waals surface area contributed by atoms with E-state index < -0.39 is 11.0 Å². The summed E-state index contributed by atoms with van der Waals surface area (Å²) in [6.07, 6.45) is 8.29. The summed E-state index contributed by atoms with van der Waals surface area (Å²) in [7, 11) is 4.09. The van der Waals surface area contributed by atoms with Gasteiger partial charge in [0.15, 0.2) is 17.2 Å². The van der Waals surface area contributed by atoms with E-state index in [2.05, 4.69) is 36.1 Å². The molecule has 0 unspecified atom stereocenters. The number of benzene rings is 1. The highest BCUT2D eigenvalue weighted by Crippen LogP contribution is 2.69. The maximum absolute atomic E-state index is 13.4. The average Bonchev–Trinajstić information content (AvgIpc) is 3.18. The average molecular weight is 490 g/mol. The van der Waals surface area contributed by atoms with Gasteiger partial charge in [0, 0.05) is 44.5 Å². The lowest BCUT2D eigenvalue weighted by Gasteiger charge is -2.56. The molecule has 5 atom stereocenters. The lowest BCUT2D eigenvalue weighted by atomic mass is 9.49. The zero-order valence-electron chi connectivity index (χ0n) is 22.4. The quantitative estimate of drug-likeness (QED) is 0.480. The Balaban J connectivity index is 1.71. The highest BCUT2D eigenvalue weighted by atomic mass is 16.6. The molecule has 2 fully saturated rings. The van der Waals surface area contributed by atoms with E-state index in [-0.39, 0.29) is 23.5 Å². The molecule has 1 aromatic carbocycles. The molecule has 0 aliphatic heterocycles. The number of carbonyl (C=O) groups excluding carboxylic acids is 3. The van der Waals surface area contributed by atoms with Crippen LogP contribution in [-0.2, 0) is 19.1 Å². The van der Waals surface area contributed by atoms with Gasteiger partial charge in [-0.1, -0.05) is 24.6 Å². The van der Waals surface area contributed by atoms with Gasteiger partial charge in [-0.25, -0.2) is 0 Å². The maximum atomic E-state index is 13.4. The van der Waals surface area contributed by atoms with Crippen LogP contribution in [0.5, 0.6) is 0 Å². The second-order valence-electron chi connectivity index (χ2n) is 11.6. The third kappa shape index (κ3) is 3.61. The fraction of sp³-hybridized carbons (Fsp3) is 0.581. The third-order valence-corrected chi connectivity index (χ3v) is 9.90. The Morgan fingerprint density at radius 2 is 1.78 bits per heavy atom. The molecule has 5 rings (SSSR count). The predicted octanol–water partition coefficient (Wildman–Crippen LogP) is 5.93. The number of ketones is 2. The molecule has 5 heteroatoms. The van der Waals surface area contributed by atoms with Gasteiger partial charge in [-0.2, -0.15) is 0 Å². The first-order chi connectivity index (χ1) is 17.1. The second-order valence-corrected chi connectivity index (χ2v) is 11.6. The molecule has 1 aromatic rings. The smallest absolute Gasteiger partial charge is 0.303 e. The summed E-state index contributed by atoms with van der Waals surface area (Å²) in [6, 6.07) is 8.80. The third-order valence-electron chi connectivity index (χ3n) is 9.90. The highest BCUT2D eigenvalue weighted by molar-refractivity contribution is 5.93. The standard InChI is InChI=1S/C31H39NO4/c1-6-30-18-27(21-7-10-23(11-8-21)32(4)5)29-25-14-12-24(35)17-22(25)9-13-26(29)28(30)15-16-31(30,19(2)33)36-20(3)34/h7-8,10-11,17,26-28H,6,9,12-16,18H2,1-5H3/t26-,27+,28-,30-,31-/m0/s1. The van der Waals surface area contributed by atoms with Crippen molar-refractivity contribution in [2.75, 3.05) is 19.0 Å². The normalized spacial score (nSPS) is 33.3. The van der Waals surface area contributed by atoms with Gasteiger partial charge in [0.05, 0.1) is 0 Å². The minimum Gasteiger partial charge on any atom is -0.451 e. The molecule has 36 heavy (non-hydrogen) atoms. The van der Waals surface area contributed by atoms with Gasteiger partial charge in [-0.15, -0.1) is 0 Å². The van der Waals surface area contributed by atoms with Gasteiger partial charge >= 0.3 is 5.97 Å². The first-order valence-electron chi connectivity index (χ1n) is 13.6. The number of ether oxygens (including phenoxy) is 1. The van der Waals surface area contributed by atoms with Gasteiger partial charge in [0.1, 0.15) is 0 Å². The fourth-order valence-electron chi connectivity index (χ4n) is 8.44. The number of nitrogens with zero attached hydrogens (tertiary/aromatic N) is 1. The summed E-state index contributed by atoms with van der Waals surface area (Å²) < 4.78 is 6.09. The van der Waals surface area contributed by atoms with Crippen molar-refractivity contribution in [3.8, 4) is 0 Å². The fourth-order valence-corrected chi connectivity index (χ4v) is 8.44. The SMILES string of the molecule is CC[C@]12C[C@H](c3ccc(N(C)C)cc3)C3=C4CCC(=O)C=C4CC[C@H]3[C@@H]1CC[C@]2(OC(C)=O)C(C)=O. The number of esters is 1. The van der Waals surface area contributed by atoms with Crippen LogP contribution in [0.25, 0.3) is 0 Å². The van der Waals surface area contributed by atoms with E-state index in [9.17, 15) is 14.4 Å². The molecule has 0 bridgehead atoms. The van der Waals surface area contributed by atoms with E-state index in [4.69, 9.17) is 4.74 Å². The zero-order valence-corrected chi connectivity index (χ0v) is 22.4. The van der Waals surface area contributed by atoms with Crippen LogP contribution < -0.4 is 4.90 Å². The van der Waals surface area contributed by atoms with Crippen molar-refractivity contribution >= 4 is 23.2 Å². The van der Waals surface area contributed by atoms with Crippen LogP contribution in [0.1, 0.15) is 83.6 Å². The van der Waals surface area contributed by atoms with Crippen molar-refractivity contribution in [3.05, 3.63) is 52.6 Å². The Labute approximate surface area is 215 Å². The van der Waals surface area contributed by atoms with Gasteiger partial charge < -0.3 is 9.64 Å². The Kier molecular flexibility index (Phi) is 6.25. The molecule has 4 aliphatic rings. The molecular weight excluding hydrogens is 450 g/mol. The first-order valence-corrected chi connectivity index (χ1v) is 13.6. The van der Waals surface area contributed by atoms with E-state index in [0.717, 1.165) is 44.2 Å². The number of hydrogen-bond acceptors (Lipinski definition) is 5. The van der Waals surface area contributed by atoms with E-state index in [1.807, 2.05) is 20.2 Å². The van der Waals surface area contributed by atoms with Crippen LogP contribution >= 0.6 is 0 Å². The number of allylic oxidation sites excluding steroid dienone is 4. The maximum Gasteiger partial charge on any atom is 0.303 e. The Hall–Kier alpha value is -2.69. The summed E-state index contributed by atoms with van der Waals surface area (Å²) >= 11 is 0. The van der Waals surface area contributed by atoms with Gasteiger partial charge in [-0.3, -0.25) is 14.4 Å². The molecular formula is C31H39NO4. The van der Waals surface area contributed by atoms with Gasteiger partial charge in [-0.05, 0) is 98.6 Å². The predicted molar refractivity (Wildman–Crippen MR) is 141 cm³/mol. The van der Waals surface area contributed by atoms with Crippen LogP contribution in [0, 0.1) is 17.3 Å². The molecule has 2 saturated carbocycles. The molecule has 0 amide bonds.